The van der Waals surface area contributed by atoms with Gasteiger partial charge < -0.3 is 4.42 Å². The normalized spacial score (nSPS) is 11.5. The van der Waals surface area contributed by atoms with E-state index in [0.717, 1.165) is 5.56 Å². The summed E-state index contributed by atoms with van der Waals surface area (Å²) in [5, 5.41) is 15.3. The van der Waals surface area contributed by atoms with Crippen LogP contribution >= 0.6 is 46.3 Å². The van der Waals surface area contributed by atoms with Crippen LogP contribution in [0.25, 0.3) is 17.4 Å². The molecule has 0 radical (unpaired) electrons. The van der Waals surface area contributed by atoms with Gasteiger partial charge in [-0.05, 0) is 48.0 Å². The minimum Gasteiger partial charge on any atom is -0.457 e. The molecule has 0 aliphatic carbocycles. The molecule has 0 atom stereocenters. The van der Waals surface area contributed by atoms with Gasteiger partial charge in [-0.2, -0.15) is 14.0 Å². The second-order valence-corrected chi connectivity index (χ2v) is 10.1. The molecule has 0 unspecified atom stereocenters. The average molecular weight is 562 g/mol. The van der Waals surface area contributed by atoms with Crippen molar-refractivity contribution in [1.82, 2.24) is 4.98 Å². The lowest BCUT2D eigenvalue weighted by Gasteiger charge is -2.03. The third-order valence-corrected chi connectivity index (χ3v) is 6.93. The van der Waals surface area contributed by atoms with Gasteiger partial charge in [-0.25, -0.2) is 4.98 Å². The molecular formula is C25H15Cl2F2N3O2S2. The van der Waals surface area contributed by atoms with E-state index in [4.69, 9.17) is 27.6 Å². The fourth-order valence-electron chi connectivity index (χ4n) is 3.16. The van der Waals surface area contributed by atoms with Gasteiger partial charge in [0.1, 0.15) is 23.2 Å². The summed E-state index contributed by atoms with van der Waals surface area (Å²) < 4.78 is 30.7. The van der Waals surface area contributed by atoms with Crippen molar-refractivity contribution in [2.24, 2.45) is 0 Å². The number of anilines is 1. The molecule has 2 aromatic carbocycles. The molecule has 0 spiro atoms. The van der Waals surface area contributed by atoms with Gasteiger partial charge in [0.2, 0.25) is 0 Å². The Morgan fingerprint density at radius 2 is 1.97 bits per heavy atom. The maximum absolute atomic E-state index is 12.6. The maximum atomic E-state index is 12.6. The molecule has 0 aliphatic heterocycles. The fourth-order valence-corrected chi connectivity index (χ4v) is 4.74. The average Bonchev–Trinajstić information content (AvgIpc) is 3.49. The van der Waals surface area contributed by atoms with E-state index in [-0.39, 0.29) is 11.3 Å². The number of alkyl halides is 2. The molecule has 0 aliphatic rings. The lowest BCUT2D eigenvalue weighted by Crippen LogP contribution is -2.13. The van der Waals surface area contributed by atoms with E-state index < -0.39 is 11.7 Å². The predicted molar refractivity (Wildman–Crippen MR) is 140 cm³/mol. The highest BCUT2D eigenvalue weighted by Gasteiger charge is 2.14. The molecule has 0 saturated carbocycles. The first-order valence-electron chi connectivity index (χ1n) is 10.3. The van der Waals surface area contributed by atoms with Gasteiger partial charge in [-0.1, -0.05) is 47.1 Å². The molecule has 0 saturated heterocycles. The van der Waals surface area contributed by atoms with Crippen LogP contribution in [0.1, 0.15) is 17.0 Å². The molecule has 36 heavy (non-hydrogen) atoms. The van der Waals surface area contributed by atoms with Crippen LogP contribution in [0.2, 0.25) is 10.0 Å². The van der Waals surface area contributed by atoms with E-state index in [9.17, 15) is 18.8 Å². The highest BCUT2D eigenvalue weighted by molar-refractivity contribution is 7.99. The third kappa shape index (κ3) is 6.74. The van der Waals surface area contributed by atoms with Gasteiger partial charge >= 0.3 is 0 Å². The molecule has 0 fully saturated rings. The Hall–Kier alpha value is -3.16. The number of thiazole rings is 1. The van der Waals surface area contributed by atoms with Gasteiger partial charge in [0.05, 0.1) is 5.69 Å². The zero-order valence-electron chi connectivity index (χ0n) is 18.2. The summed E-state index contributed by atoms with van der Waals surface area (Å²) in [4.78, 5) is 17.5. The number of nitrogens with zero attached hydrogens (tertiary/aromatic N) is 2. The highest BCUT2D eigenvalue weighted by Crippen LogP contribution is 2.30. The number of rotatable bonds is 8. The molecule has 4 rings (SSSR count). The van der Waals surface area contributed by atoms with Crippen molar-refractivity contribution in [3.8, 4) is 17.4 Å². The van der Waals surface area contributed by atoms with Gasteiger partial charge in [0.25, 0.3) is 11.7 Å². The van der Waals surface area contributed by atoms with Crippen molar-refractivity contribution >= 4 is 63.4 Å². The van der Waals surface area contributed by atoms with E-state index in [1.165, 1.54) is 17.4 Å². The first kappa shape index (κ1) is 25.9. The summed E-state index contributed by atoms with van der Waals surface area (Å²) in [6.45, 7) is 0. The molecule has 182 valence electrons. The van der Waals surface area contributed by atoms with E-state index >= 15 is 0 Å². The maximum Gasteiger partial charge on any atom is 0.288 e. The van der Waals surface area contributed by atoms with Gasteiger partial charge in [0, 0.05) is 38.4 Å². The van der Waals surface area contributed by atoms with Crippen molar-refractivity contribution in [2.45, 2.75) is 17.1 Å². The van der Waals surface area contributed by atoms with Crippen molar-refractivity contribution in [3.63, 3.8) is 0 Å². The molecule has 0 bridgehead atoms. The number of hydrogen-bond donors (Lipinski definition) is 1. The Bertz CT molecular complexity index is 1460. The molecule has 11 heteroatoms. The zero-order valence-corrected chi connectivity index (χ0v) is 21.3. The number of aromatic nitrogens is 1. The topological polar surface area (TPSA) is 78.9 Å². The summed E-state index contributed by atoms with van der Waals surface area (Å²) >= 11 is 13.9. The lowest BCUT2D eigenvalue weighted by atomic mass is 10.1. The Morgan fingerprint density at radius 1 is 1.19 bits per heavy atom. The second kappa shape index (κ2) is 11.7. The molecule has 5 nitrogen and oxygen atoms in total. The largest absolute Gasteiger partial charge is 0.457 e. The van der Waals surface area contributed by atoms with E-state index in [0.29, 0.717) is 55.3 Å². The minimum absolute atomic E-state index is 0.172. The Labute approximate surface area is 223 Å². The Morgan fingerprint density at radius 3 is 2.69 bits per heavy atom. The lowest BCUT2D eigenvalue weighted by molar-refractivity contribution is -0.112. The fraction of sp³-hybridized carbons (Fsp3) is 0.0800. The number of amides is 1. The molecular weight excluding hydrogens is 547 g/mol. The Kier molecular flexibility index (Phi) is 8.44. The van der Waals surface area contributed by atoms with Gasteiger partial charge in [0.15, 0.2) is 5.13 Å². The number of benzene rings is 2. The van der Waals surface area contributed by atoms with Gasteiger partial charge in [-0.3, -0.25) is 10.1 Å². The van der Waals surface area contributed by atoms with Gasteiger partial charge in [-0.15, -0.1) is 11.3 Å². The number of hydrogen-bond acceptors (Lipinski definition) is 6. The first-order chi connectivity index (χ1) is 17.3. The minimum atomic E-state index is -2.50. The highest BCUT2D eigenvalue weighted by atomic mass is 35.5. The number of nitrogens with one attached hydrogen (secondary N) is 1. The SMILES string of the molecule is N#CC(=Cc1ccc(-c2ccc(SC(F)F)cc2)o1)C(=O)Nc1nc(Cc2cc(Cl)ccc2Cl)cs1. The Balaban J connectivity index is 1.43. The number of thioether (sulfide) groups is 1. The standard InChI is InChI=1S/C25H15Cl2F2N3O2S2/c26-17-3-7-21(27)15(9-17)10-18-13-35-25(31-18)32-23(33)16(12-30)11-19-4-8-22(34-19)14-1-5-20(6-2-14)36-24(28)29/h1-9,11,13,24H,10H2,(H,31,32,33). The monoisotopic (exact) mass is 561 g/mol. The van der Waals surface area contributed by atoms with Crippen molar-refractivity contribution in [3.05, 3.63) is 92.6 Å². The van der Waals surface area contributed by atoms with Crippen LogP contribution in [-0.4, -0.2) is 16.6 Å². The van der Waals surface area contributed by atoms with Crippen LogP contribution in [0.15, 0.2) is 74.9 Å². The van der Waals surface area contributed by atoms with Crippen LogP contribution < -0.4 is 5.32 Å². The third-order valence-electron chi connectivity index (χ3n) is 4.79. The van der Waals surface area contributed by atoms with Crippen LogP contribution in [0.3, 0.4) is 0 Å². The molecule has 2 aromatic heterocycles. The van der Waals surface area contributed by atoms with Crippen LogP contribution in [-0.2, 0) is 11.2 Å². The molecule has 1 N–H and O–H groups in total. The zero-order chi connectivity index (χ0) is 25.7. The predicted octanol–water partition coefficient (Wildman–Crippen LogP) is 8.16. The van der Waals surface area contributed by atoms with Crippen molar-refractivity contribution < 1.29 is 18.0 Å². The number of nitriles is 1. The summed E-state index contributed by atoms with van der Waals surface area (Å²) in [6, 6.07) is 16.8. The van der Waals surface area contributed by atoms with Crippen molar-refractivity contribution in [1.29, 1.82) is 5.26 Å². The van der Waals surface area contributed by atoms with Crippen LogP contribution in [0.4, 0.5) is 13.9 Å². The van der Waals surface area contributed by atoms with E-state index in [1.807, 2.05) is 6.07 Å². The first-order valence-corrected chi connectivity index (χ1v) is 12.8. The summed E-state index contributed by atoms with van der Waals surface area (Å²) in [6.07, 6.45) is 1.75. The number of halogens is 4. The number of furan rings is 1. The summed E-state index contributed by atoms with van der Waals surface area (Å²) in [5.41, 5.74) is 2.00. The number of carbonyl (C=O) groups excluding carboxylic acids is 1. The molecule has 1 amide bonds. The van der Waals surface area contributed by atoms with E-state index in [1.54, 1.807) is 60.0 Å². The quantitative estimate of drug-likeness (QED) is 0.133. The smallest absolute Gasteiger partial charge is 0.288 e. The molecule has 2 heterocycles. The van der Waals surface area contributed by atoms with Crippen LogP contribution in [0.5, 0.6) is 0 Å². The second-order valence-electron chi connectivity index (χ2n) is 7.29. The summed E-state index contributed by atoms with van der Waals surface area (Å²) in [7, 11) is 0. The summed E-state index contributed by atoms with van der Waals surface area (Å²) in [5.74, 6) is -2.37. The van der Waals surface area contributed by atoms with E-state index in [2.05, 4.69) is 10.3 Å². The number of carbonyl (C=O) groups is 1. The molecule has 4 aromatic rings. The van der Waals surface area contributed by atoms with Crippen LogP contribution in [0, 0.1) is 11.3 Å². The van der Waals surface area contributed by atoms with Crippen molar-refractivity contribution in [2.75, 3.05) is 5.32 Å².